The molecule has 2 heteroatoms. The van der Waals surface area contributed by atoms with E-state index >= 15 is 0 Å². The van der Waals surface area contributed by atoms with Crippen molar-refractivity contribution in [1.82, 2.24) is 0 Å². The van der Waals surface area contributed by atoms with Crippen LogP contribution in [-0.4, -0.2) is 0 Å². The summed E-state index contributed by atoms with van der Waals surface area (Å²) in [5.41, 5.74) is 21.4. The number of benzene rings is 11. The van der Waals surface area contributed by atoms with Gasteiger partial charge in [-0.15, -0.1) is 11.3 Å². The Morgan fingerprint density at radius 3 is 1.46 bits per heavy atom. The van der Waals surface area contributed by atoms with Gasteiger partial charge in [-0.1, -0.05) is 191 Å². The largest absolute Gasteiger partial charge is 0.310 e. The SMILES string of the molecule is CC(C)c1ccc2c(c1)C1(c3ccccc3-c3ccc(N(c4ccc(-c5ccc6cc(-c7ccc8ccccc8c7)ccc6c5)cc4)c4ccc5c(c4)sc4ccccc45)cc31)c1cc(C(C)C)ccc1-2. The zero-order valence-corrected chi connectivity index (χ0v) is 41.2. The Hall–Kier alpha value is -8.04. The van der Waals surface area contributed by atoms with Crippen LogP contribution in [-0.2, 0) is 5.41 Å². The summed E-state index contributed by atoms with van der Waals surface area (Å²) < 4.78 is 2.60. The Bertz CT molecular complexity index is 4070. The Morgan fingerprint density at radius 1 is 0.324 bits per heavy atom. The fraction of sp³-hybridized carbons (Fsp3) is 0.101. The van der Waals surface area contributed by atoms with Crippen LogP contribution in [0.25, 0.3) is 86.2 Å². The van der Waals surface area contributed by atoms with E-state index in [1.165, 1.54) is 120 Å². The fourth-order valence-electron chi connectivity index (χ4n) is 12.1. The van der Waals surface area contributed by atoms with E-state index in [2.05, 4.69) is 257 Å². The molecule has 0 N–H and O–H groups in total. The number of hydrogen-bond donors (Lipinski definition) is 0. The number of fused-ring (bicyclic) bond motifs is 15. The van der Waals surface area contributed by atoms with Gasteiger partial charge >= 0.3 is 0 Å². The second-order valence-electron chi connectivity index (χ2n) is 20.4. The first kappa shape index (κ1) is 41.9. The predicted octanol–water partition coefficient (Wildman–Crippen LogP) is 19.8. The molecule has 1 spiro atoms. The van der Waals surface area contributed by atoms with Crippen LogP contribution in [0.5, 0.6) is 0 Å². The van der Waals surface area contributed by atoms with Crippen molar-refractivity contribution in [3.8, 4) is 44.5 Å². The molecule has 2 aliphatic rings. The van der Waals surface area contributed by atoms with Crippen LogP contribution in [0.4, 0.5) is 17.1 Å². The summed E-state index contributed by atoms with van der Waals surface area (Å²) in [6.45, 7) is 9.28. The lowest BCUT2D eigenvalue weighted by Gasteiger charge is -2.33. The average molecular weight is 926 g/mol. The minimum Gasteiger partial charge on any atom is -0.310 e. The summed E-state index contributed by atoms with van der Waals surface area (Å²) in [6.07, 6.45) is 0. The molecule has 0 aliphatic heterocycles. The molecule has 0 saturated carbocycles. The lowest BCUT2D eigenvalue weighted by atomic mass is 9.69. The third-order valence-electron chi connectivity index (χ3n) is 15.8. The molecule has 0 bridgehead atoms. The minimum atomic E-state index is -0.473. The van der Waals surface area contributed by atoms with Gasteiger partial charge in [0.2, 0.25) is 0 Å². The quantitative estimate of drug-likeness (QED) is 0.154. The summed E-state index contributed by atoms with van der Waals surface area (Å²) in [5, 5.41) is 7.62. The molecule has 0 atom stereocenters. The van der Waals surface area contributed by atoms with Crippen molar-refractivity contribution in [2.75, 3.05) is 4.90 Å². The highest BCUT2D eigenvalue weighted by Crippen LogP contribution is 2.64. The maximum atomic E-state index is 2.54. The van der Waals surface area contributed by atoms with Gasteiger partial charge in [-0.3, -0.25) is 0 Å². The van der Waals surface area contributed by atoms with Crippen LogP contribution in [0, 0.1) is 0 Å². The van der Waals surface area contributed by atoms with Gasteiger partial charge < -0.3 is 4.90 Å². The number of hydrogen-bond acceptors (Lipinski definition) is 2. The van der Waals surface area contributed by atoms with Crippen molar-refractivity contribution >= 4 is 70.1 Å². The van der Waals surface area contributed by atoms with E-state index in [0.717, 1.165) is 17.1 Å². The molecule has 11 aromatic carbocycles. The van der Waals surface area contributed by atoms with Gasteiger partial charge in [-0.2, -0.15) is 0 Å². The van der Waals surface area contributed by atoms with Crippen molar-refractivity contribution in [3.63, 3.8) is 0 Å². The topological polar surface area (TPSA) is 3.24 Å². The van der Waals surface area contributed by atoms with Gasteiger partial charge in [-0.25, -0.2) is 0 Å². The molecule has 1 nitrogen and oxygen atoms in total. The molecule has 0 unspecified atom stereocenters. The van der Waals surface area contributed by atoms with E-state index < -0.39 is 5.41 Å². The minimum absolute atomic E-state index is 0.403. The van der Waals surface area contributed by atoms with Crippen LogP contribution >= 0.6 is 11.3 Å². The number of nitrogens with zero attached hydrogens (tertiary/aromatic N) is 1. The highest BCUT2D eigenvalue weighted by atomic mass is 32.1. The predicted molar refractivity (Wildman–Crippen MR) is 304 cm³/mol. The van der Waals surface area contributed by atoms with E-state index in [0.29, 0.717) is 11.8 Å². The monoisotopic (exact) mass is 925 g/mol. The first-order chi connectivity index (χ1) is 34.8. The van der Waals surface area contributed by atoms with E-state index in [4.69, 9.17) is 0 Å². The molecule has 0 radical (unpaired) electrons. The first-order valence-corrected chi connectivity index (χ1v) is 26.0. The molecule has 0 saturated heterocycles. The van der Waals surface area contributed by atoms with Gasteiger partial charge in [0.15, 0.2) is 0 Å². The van der Waals surface area contributed by atoms with Crippen molar-refractivity contribution in [2.45, 2.75) is 44.9 Å². The van der Waals surface area contributed by atoms with Crippen LogP contribution in [0.15, 0.2) is 224 Å². The van der Waals surface area contributed by atoms with E-state index in [1.807, 2.05) is 11.3 Å². The Morgan fingerprint density at radius 2 is 0.789 bits per heavy atom. The molecular weight excluding hydrogens is 875 g/mol. The first-order valence-electron chi connectivity index (χ1n) is 25.2. The molecule has 0 amide bonds. The Balaban J connectivity index is 0.922. The number of thiophene rings is 1. The summed E-state index contributed by atoms with van der Waals surface area (Å²) in [5.74, 6) is 0.807. The van der Waals surface area contributed by atoms with Crippen molar-refractivity contribution < 1.29 is 0 Å². The molecule has 1 aromatic heterocycles. The smallest absolute Gasteiger partial charge is 0.0726 e. The number of anilines is 3. The van der Waals surface area contributed by atoms with E-state index in [1.54, 1.807) is 0 Å². The zero-order valence-electron chi connectivity index (χ0n) is 40.4. The lowest BCUT2D eigenvalue weighted by molar-refractivity contribution is 0.777. The third kappa shape index (κ3) is 6.44. The molecule has 1 heterocycles. The van der Waals surface area contributed by atoms with Gasteiger partial charge in [0.25, 0.3) is 0 Å². The van der Waals surface area contributed by atoms with Crippen molar-refractivity contribution in [1.29, 1.82) is 0 Å². The highest BCUT2D eigenvalue weighted by molar-refractivity contribution is 7.25. The standard InChI is InChI=1S/C69H51NS/c1-42(2)46-25-31-58-59-32-26-47(43(3)4)39-65(59)69(64(58)38-46)63-15-9-7-13-57(63)60-33-29-55(40-66(60)69)70(56-30-34-62-61-14-8-10-16-67(61)71-68(62)41-56)54-27-23-45(24-28-54)49-19-20-52-37-53(22-21-51(52)36-49)50-18-17-44-11-5-6-12-48(44)35-50/h5-43H,1-4H3. The molecular formula is C69H51NS. The second kappa shape index (κ2) is 16.0. The van der Waals surface area contributed by atoms with Crippen LogP contribution in [0.3, 0.4) is 0 Å². The molecule has 12 aromatic rings. The summed E-state index contributed by atoms with van der Waals surface area (Å²) in [4.78, 5) is 2.49. The van der Waals surface area contributed by atoms with E-state index in [-0.39, 0.29) is 0 Å². The number of rotatable bonds is 7. The van der Waals surface area contributed by atoms with E-state index in [9.17, 15) is 0 Å². The molecule has 14 rings (SSSR count). The highest BCUT2D eigenvalue weighted by Gasteiger charge is 2.52. The Kier molecular flexibility index (Phi) is 9.44. The summed E-state index contributed by atoms with van der Waals surface area (Å²) >= 11 is 1.88. The van der Waals surface area contributed by atoms with Gasteiger partial charge in [0.05, 0.1) is 5.41 Å². The van der Waals surface area contributed by atoms with Crippen molar-refractivity contribution in [3.05, 3.63) is 258 Å². The second-order valence-corrected chi connectivity index (χ2v) is 21.5. The maximum absolute atomic E-state index is 2.54. The summed E-state index contributed by atoms with van der Waals surface area (Å²) in [7, 11) is 0. The van der Waals surface area contributed by atoms with Gasteiger partial charge in [0.1, 0.15) is 0 Å². The Labute approximate surface area is 420 Å². The zero-order chi connectivity index (χ0) is 47.5. The summed E-state index contributed by atoms with van der Waals surface area (Å²) in [6, 6.07) is 85.4. The normalized spacial score (nSPS) is 13.2. The van der Waals surface area contributed by atoms with Crippen LogP contribution < -0.4 is 4.90 Å². The fourth-order valence-corrected chi connectivity index (χ4v) is 13.3. The molecule has 338 valence electrons. The molecule has 2 aliphatic carbocycles. The lowest BCUT2D eigenvalue weighted by Crippen LogP contribution is -2.26. The maximum Gasteiger partial charge on any atom is 0.0726 e. The van der Waals surface area contributed by atoms with Gasteiger partial charge in [-0.05, 0) is 172 Å². The average Bonchev–Trinajstić information content (AvgIpc) is 4.06. The van der Waals surface area contributed by atoms with Crippen LogP contribution in [0.2, 0.25) is 0 Å². The van der Waals surface area contributed by atoms with Crippen LogP contribution in [0.1, 0.15) is 72.9 Å². The van der Waals surface area contributed by atoms with Crippen molar-refractivity contribution in [2.24, 2.45) is 0 Å². The van der Waals surface area contributed by atoms with Gasteiger partial charge in [0, 0.05) is 37.2 Å². The molecule has 0 fully saturated rings. The molecule has 71 heavy (non-hydrogen) atoms. The third-order valence-corrected chi connectivity index (χ3v) is 16.9.